The predicted octanol–water partition coefficient (Wildman–Crippen LogP) is 0.0437. The fourth-order valence-corrected chi connectivity index (χ4v) is 2.42. The summed E-state index contributed by atoms with van der Waals surface area (Å²) in [5, 5.41) is 0. The van der Waals surface area contributed by atoms with Crippen LogP contribution in [0.15, 0.2) is 0 Å². The van der Waals surface area contributed by atoms with Crippen molar-refractivity contribution in [3.8, 4) is 0 Å². The molecule has 0 aliphatic carbocycles. The van der Waals surface area contributed by atoms with Crippen molar-refractivity contribution in [2.24, 2.45) is 0 Å². The highest BCUT2D eigenvalue weighted by Crippen LogP contribution is 2.42. The smallest absolute Gasteiger partial charge is 0.325 e. The van der Waals surface area contributed by atoms with Crippen LogP contribution >= 0.6 is 7.60 Å². The molecule has 0 saturated carbocycles. The second kappa shape index (κ2) is 5.46. The Labute approximate surface area is 91.0 Å². The molecule has 0 spiro atoms. The summed E-state index contributed by atoms with van der Waals surface area (Å²) < 4.78 is 26.8. The van der Waals surface area contributed by atoms with E-state index in [1.807, 2.05) is 7.85 Å². The van der Waals surface area contributed by atoms with Gasteiger partial charge in [0.05, 0.1) is 12.7 Å². The van der Waals surface area contributed by atoms with Crippen LogP contribution in [0.2, 0.25) is 5.82 Å². The second-order valence-electron chi connectivity index (χ2n) is 4.11. The number of hydrogen-bond donors (Lipinski definition) is 1. The zero-order chi connectivity index (χ0) is 11.5. The summed E-state index contributed by atoms with van der Waals surface area (Å²) in [6.07, 6.45) is 0.132. The Balaban J connectivity index is 2.57. The maximum Gasteiger partial charge on any atom is 0.325 e. The van der Waals surface area contributed by atoms with Crippen molar-refractivity contribution in [3.63, 3.8) is 0 Å². The van der Waals surface area contributed by atoms with E-state index in [9.17, 15) is 9.46 Å². The van der Waals surface area contributed by atoms with Crippen LogP contribution in [0.1, 0.15) is 6.42 Å². The van der Waals surface area contributed by atoms with Gasteiger partial charge in [-0.2, -0.15) is 0 Å². The van der Waals surface area contributed by atoms with Gasteiger partial charge in [-0.3, -0.25) is 4.57 Å². The van der Waals surface area contributed by atoms with Gasteiger partial charge in [-0.1, -0.05) is 0 Å². The van der Waals surface area contributed by atoms with Gasteiger partial charge in [-0.15, -0.1) is 0 Å². The largest absolute Gasteiger partial charge is 0.382 e. The lowest BCUT2D eigenvalue weighted by atomic mass is 9.80. The van der Waals surface area contributed by atoms with Gasteiger partial charge in [-0.25, -0.2) is 0 Å². The Hall–Kier alpha value is 0.135. The summed E-state index contributed by atoms with van der Waals surface area (Å²) in [6.45, 7) is 2.22. The number of hydrogen-bond acceptors (Lipinski definition) is 4. The van der Waals surface area contributed by atoms with Crippen LogP contribution in [-0.4, -0.2) is 51.9 Å². The van der Waals surface area contributed by atoms with E-state index < -0.39 is 7.60 Å². The maximum atomic E-state index is 11.2. The first-order valence-electron chi connectivity index (χ1n) is 5.01. The monoisotopic (exact) mass is 236 g/mol. The second-order valence-corrected chi connectivity index (χ2v) is 5.93. The lowest BCUT2D eigenvalue weighted by Gasteiger charge is -2.34. The fraction of sp³-hybridized carbons (Fsp3) is 1.00. The molecule has 0 aromatic heterocycles. The molecule has 1 N–H and O–H groups in total. The van der Waals surface area contributed by atoms with Crippen LogP contribution in [0.4, 0.5) is 0 Å². The minimum absolute atomic E-state index is 0.244. The molecule has 0 aromatic carbocycles. The van der Waals surface area contributed by atoms with Gasteiger partial charge in [-0.05, 0) is 12.2 Å². The van der Waals surface area contributed by atoms with Gasteiger partial charge >= 0.3 is 7.60 Å². The molecule has 4 atom stereocenters. The van der Waals surface area contributed by atoms with Crippen molar-refractivity contribution < 1.29 is 23.5 Å². The van der Waals surface area contributed by atoms with E-state index in [2.05, 4.69) is 0 Å². The molecule has 1 aliphatic rings. The SMILES string of the molecule is B[C@H]1COC(COC)C(OP(C)(=O)O)C1. The van der Waals surface area contributed by atoms with Crippen LogP contribution in [0.25, 0.3) is 0 Å². The third-order valence-electron chi connectivity index (χ3n) is 2.31. The molecule has 0 amide bonds. The Morgan fingerprint density at radius 1 is 1.67 bits per heavy atom. The van der Waals surface area contributed by atoms with Crippen molar-refractivity contribution in [2.75, 3.05) is 27.0 Å². The van der Waals surface area contributed by atoms with E-state index in [-0.39, 0.29) is 12.2 Å². The van der Waals surface area contributed by atoms with Gasteiger partial charge < -0.3 is 18.9 Å². The summed E-state index contributed by atoms with van der Waals surface area (Å²) in [7, 11) is 0.140. The quantitative estimate of drug-likeness (QED) is 0.551. The average molecular weight is 236 g/mol. The van der Waals surface area contributed by atoms with Gasteiger partial charge in [0.1, 0.15) is 14.0 Å². The van der Waals surface area contributed by atoms with E-state index in [0.717, 1.165) is 6.42 Å². The molecule has 1 fully saturated rings. The maximum absolute atomic E-state index is 11.2. The molecule has 3 unspecified atom stereocenters. The molecule has 1 saturated heterocycles. The summed E-state index contributed by atoms with van der Waals surface area (Å²) in [5.74, 6) is 0.342. The zero-order valence-corrected chi connectivity index (χ0v) is 10.3. The van der Waals surface area contributed by atoms with Crippen molar-refractivity contribution in [3.05, 3.63) is 0 Å². The van der Waals surface area contributed by atoms with E-state index in [1.165, 1.54) is 6.66 Å². The Kier molecular flexibility index (Phi) is 4.80. The highest BCUT2D eigenvalue weighted by Gasteiger charge is 2.33. The Morgan fingerprint density at radius 2 is 2.33 bits per heavy atom. The molecular formula is C8H18BO5P. The lowest BCUT2D eigenvalue weighted by Crippen LogP contribution is -2.40. The number of methoxy groups -OCH3 is 1. The van der Waals surface area contributed by atoms with Crippen LogP contribution < -0.4 is 0 Å². The summed E-state index contributed by atoms with van der Waals surface area (Å²) >= 11 is 0. The molecule has 0 aromatic rings. The van der Waals surface area contributed by atoms with Gasteiger partial charge in [0.15, 0.2) is 0 Å². The number of ether oxygens (including phenoxy) is 2. The average Bonchev–Trinajstić information content (AvgIpc) is 2.07. The number of rotatable bonds is 4. The van der Waals surface area contributed by atoms with Crippen molar-refractivity contribution in [2.45, 2.75) is 24.4 Å². The summed E-state index contributed by atoms with van der Waals surface area (Å²) in [6, 6.07) is 0. The molecule has 7 heteroatoms. The van der Waals surface area contributed by atoms with Gasteiger partial charge in [0.2, 0.25) is 0 Å². The molecule has 88 valence electrons. The highest BCUT2D eigenvalue weighted by molar-refractivity contribution is 7.51. The first-order chi connectivity index (χ1) is 6.92. The van der Waals surface area contributed by atoms with Gasteiger partial charge in [0, 0.05) is 20.4 Å². The molecule has 1 heterocycles. The van der Waals surface area contributed by atoms with Crippen molar-refractivity contribution in [1.29, 1.82) is 0 Å². The predicted molar refractivity (Wildman–Crippen MR) is 59.1 cm³/mol. The molecule has 0 bridgehead atoms. The van der Waals surface area contributed by atoms with Crippen molar-refractivity contribution >= 4 is 15.4 Å². The van der Waals surface area contributed by atoms with Gasteiger partial charge in [0.25, 0.3) is 0 Å². The topological polar surface area (TPSA) is 65.0 Å². The third-order valence-corrected chi connectivity index (χ3v) is 2.97. The molecule has 15 heavy (non-hydrogen) atoms. The molecular weight excluding hydrogens is 218 g/mol. The third kappa shape index (κ3) is 4.66. The summed E-state index contributed by atoms with van der Waals surface area (Å²) in [5.41, 5.74) is 0. The van der Waals surface area contributed by atoms with E-state index >= 15 is 0 Å². The normalized spacial score (nSPS) is 36.1. The first kappa shape index (κ1) is 13.2. The van der Waals surface area contributed by atoms with Crippen LogP contribution in [0.5, 0.6) is 0 Å². The van der Waals surface area contributed by atoms with E-state index in [0.29, 0.717) is 19.0 Å². The Bertz CT molecular complexity index is 243. The highest BCUT2D eigenvalue weighted by atomic mass is 31.2. The lowest BCUT2D eigenvalue weighted by molar-refractivity contribution is -0.0926. The van der Waals surface area contributed by atoms with Crippen LogP contribution in [0, 0.1) is 0 Å². The Morgan fingerprint density at radius 3 is 2.87 bits per heavy atom. The molecule has 1 aliphatic heterocycles. The minimum Gasteiger partial charge on any atom is -0.382 e. The molecule has 1 rings (SSSR count). The minimum atomic E-state index is -3.46. The first-order valence-corrected chi connectivity index (χ1v) is 7.04. The fourth-order valence-electron chi connectivity index (χ4n) is 1.69. The standard InChI is InChI=1S/C8H18BO5P/c1-12-5-8-7(14-15(2,10)11)3-6(9)4-13-8/h6-8H,3-5,9H2,1-2H3,(H,10,11)/t6-,7?,8?/m1/s1. The van der Waals surface area contributed by atoms with E-state index in [4.69, 9.17) is 14.0 Å². The zero-order valence-electron chi connectivity index (χ0n) is 9.38. The van der Waals surface area contributed by atoms with E-state index in [1.54, 1.807) is 7.11 Å². The van der Waals surface area contributed by atoms with Crippen molar-refractivity contribution in [1.82, 2.24) is 0 Å². The van der Waals surface area contributed by atoms with Crippen LogP contribution in [-0.2, 0) is 18.6 Å². The van der Waals surface area contributed by atoms with Crippen LogP contribution in [0.3, 0.4) is 0 Å². The molecule has 5 nitrogen and oxygen atoms in total. The molecule has 0 radical (unpaired) electrons. The summed E-state index contributed by atoms with van der Waals surface area (Å²) in [4.78, 5) is 9.18.